The lowest BCUT2D eigenvalue weighted by Crippen LogP contribution is -2.46. The number of nitrogens with one attached hydrogen (secondary N) is 1. The highest BCUT2D eigenvalue weighted by Crippen LogP contribution is 2.29. The summed E-state index contributed by atoms with van der Waals surface area (Å²) in [7, 11) is 7.49. The van der Waals surface area contributed by atoms with Gasteiger partial charge in [-0.3, -0.25) is 9.69 Å². The van der Waals surface area contributed by atoms with Crippen LogP contribution in [0, 0.1) is 6.92 Å². The summed E-state index contributed by atoms with van der Waals surface area (Å²) in [5, 5.41) is 12.8. The average molecular weight is 499 g/mol. The molecule has 0 unspecified atom stereocenters. The van der Waals surface area contributed by atoms with Crippen molar-refractivity contribution in [2.75, 3.05) is 57.5 Å². The third-order valence-corrected chi connectivity index (χ3v) is 7.17. The van der Waals surface area contributed by atoms with Crippen LogP contribution in [0.2, 0.25) is 0 Å². The van der Waals surface area contributed by atoms with Crippen molar-refractivity contribution in [1.29, 1.82) is 0 Å². The number of fused-ring (bicyclic) bond motifs is 1. The monoisotopic (exact) mass is 498 g/mol. The number of amides is 1. The number of rotatable bonds is 6. The molecule has 9 heteroatoms. The molecule has 5 rings (SSSR count). The molecule has 1 saturated heterocycles. The number of aryl methyl sites for hydroxylation is 2. The maximum absolute atomic E-state index is 12.3. The van der Waals surface area contributed by atoms with Crippen molar-refractivity contribution in [2.45, 2.75) is 13.5 Å². The largest absolute Gasteiger partial charge is 0.372 e. The first kappa shape index (κ1) is 24.7. The Balaban J connectivity index is 1.29. The quantitative estimate of drug-likeness (QED) is 0.436. The van der Waals surface area contributed by atoms with Crippen molar-refractivity contribution >= 4 is 28.4 Å². The average Bonchev–Trinajstić information content (AvgIpc) is 3.23. The van der Waals surface area contributed by atoms with E-state index < -0.39 is 0 Å². The smallest absolute Gasteiger partial charge is 0.253 e. The van der Waals surface area contributed by atoms with Gasteiger partial charge in [0.1, 0.15) is 11.5 Å². The Morgan fingerprint density at radius 3 is 2.46 bits per heavy atom. The lowest BCUT2D eigenvalue weighted by molar-refractivity contribution is 0.0827. The summed E-state index contributed by atoms with van der Waals surface area (Å²) in [6, 6.07) is 14.2. The van der Waals surface area contributed by atoms with Crippen molar-refractivity contribution in [3.05, 3.63) is 65.5 Å². The van der Waals surface area contributed by atoms with Crippen LogP contribution in [-0.2, 0) is 13.6 Å². The standard InChI is InChI=1S/C28H34N8O/c1-19-16-20(28(37)33(3)4)6-8-25(19)36-14-12-35(13-15-36)18-21-17-23-22(10-11-30-27(23)34(21)5)24-7-9-26(29-2)32-31-24/h6-11,16-17H,12-15,18H2,1-5H3,(H,29,32). The summed E-state index contributed by atoms with van der Waals surface area (Å²) in [6.45, 7) is 6.78. The highest BCUT2D eigenvalue weighted by molar-refractivity contribution is 5.94. The maximum atomic E-state index is 12.3. The Kier molecular flexibility index (Phi) is 6.80. The zero-order valence-electron chi connectivity index (χ0n) is 22.2. The summed E-state index contributed by atoms with van der Waals surface area (Å²) in [4.78, 5) is 23.5. The minimum atomic E-state index is 0.0362. The SMILES string of the molecule is CNc1ccc(-c2ccnc3c2cc(CN2CCN(c4ccc(C(=O)N(C)C)cc4C)CC2)n3C)nn1. The summed E-state index contributed by atoms with van der Waals surface area (Å²) >= 11 is 0. The van der Waals surface area contributed by atoms with Crippen molar-refractivity contribution in [3.63, 3.8) is 0 Å². The Hall–Kier alpha value is -3.98. The van der Waals surface area contributed by atoms with Crippen LogP contribution in [0.1, 0.15) is 21.6 Å². The molecule has 1 aliphatic heterocycles. The molecule has 1 N–H and O–H groups in total. The molecule has 1 aliphatic rings. The van der Waals surface area contributed by atoms with Gasteiger partial charge in [-0.25, -0.2) is 4.98 Å². The van der Waals surface area contributed by atoms with Crippen molar-refractivity contribution < 1.29 is 4.79 Å². The molecule has 192 valence electrons. The predicted molar refractivity (Wildman–Crippen MR) is 148 cm³/mol. The van der Waals surface area contributed by atoms with Gasteiger partial charge in [0.25, 0.3) is 5.91 Å². The van der Waals surface area contributed by atoms with E-state index in [1.54, 1.807) is 19.0 Å². The van der Waals surface area contributed by atoms with Gasteiger partial charge < -0.3 is 19.7 Å². The molecule has 0 radical (unpaired) electrons. The Morgan fingerprint density at radius 2 is 1.81 bits per heavy atom. The van der Waals surface area contributed by atoms with Gasteiger partial charge in [-0.15, -0.1) is 10.2 Å². The summed E-state index contributed by atoms with van der Waals surface area (Å²) in [5.41, 5.74) is 7.14. The number of hydrogen-bond acceptors (Lipinski definition) is 7. The van der Waals surface area contributed by atoms with Gasteiger partial charge in [-0.05, 0) is 55.0 Å². The van der Waals surface area contributed by atoms with E-state index in [0.717, 1.165) is 72.0 Å². The molecule has 9 nitrogen and oxygen atoms in total. The van der Waals surface area contributed by atoms with Crippen LogP contribution < -0.4 is 10.2 Å². The van der Waals surface area contributed by atoms with E-state index in [1.165, 1.54) is 11.4 Å². The van der Waals surface area contributed by atoms with Crippen LogP contribution in [0.25, 0.3) is 22.3 Å². The molecule has 1 aromatic carbocycles. The van der Waals surface area contributed by atoms with Gasteiger partial charge in [-0.1, -0.05) is 0 Å². The third-order valence-electron chi connectivity index (χ3n) is 7.17. The molecular formula is C28H34N8O. The first-order valence-corrected chi connectivity index (χ1v) is 12.6. The molecule has 1 fully saturated rings. The summed E-state index contributed by atoms with van der Waals surface area (Å²) in [6.07, 6.45) is 1.84. The normalized spacial score (nSPS) is 14.2. The Morgan fingerprint density at radius 1 is 1.03 bits per heavy atom. The van der Waals surface area contributed by atoms with Crippen molar-refractivity contribution in [3.8, 4) is 11.3 Å². The molecule has 0 aliphatic carbocycles. The van der Waals surface area contributed by atoms with Gasteiger partial charge in [0, 0.05) is 95.0 Å². The molecular weight excluding hydrogens is 464 g/mol. The van der Waals surface area contributed by atoms with Crippen molar-refractivity contribution in [1.82, 2.24) is 29.5 Å². The highest BCUT2D eigenvalue weighted by Gasteiger charge is 2.21. The molecule has 0 atom stereocenters. The van der Waals surface area contributed by atoms with E-state index in [2.05, 4.69) is 61.0 Å². The van der Waals surface area contributed by atoms with Gasteiger partial charge in [-0.2, -0.15) is 0 Å². The Bertz CT molecular complexity index is 1420. The van der Waals surface area contributed by atoms with E-state index in [-0.39, 0.29) is 5.91 Å². The predicted octanol–water partition coefficient (Wildman–Crippen LogP) is 3.40. The number of pyridine rings is 1. The molecule has 0 saturated carbocycles. The number of hydrogen-bond donors (Lipinski definition) is 1. The topological polar surface area (TPSA) is 82.4 Å². The van der Waals surface area contributed by atoms with Gasteiger partial charge in [0.2, 0.25) is 0 Å². The molecule has 0 bridgehead atoms. The van der Waals surface area contributed by atoms with Gasteiger partial charge in [0.15, 0.2) is 0 Å². The molecule has 4 heterocycles. The summed E-state index contributed by atoms with van der Waals surface area (Å²) < 4.78 is 2.19. The number of piperazine rings is 1. The third kappa shape index (κ3) is 4.86. The van der Waals surface area contributed by atoms with Crippen LogP contribution in [0.5, 0.6) is 0 Å². The van der Waals surface area contributed by atoms with Crippen molar-refractivity contribution in [2.24, 2.45) is 7.05 Å². The summed E-state index contributed by atoms with van der Waals surface area (Å²) in [5.74, 6) is 0.782. The van der Waals surface area contributed by atoms with E-state index in [0.29, 0.717) is 0 Å². The number of carbonyl (C=O) groups excluding carboxylic acids is 1. The van der Waals surface area contributed by atoms with E-state index >= 15 is 0 Å². The zero-order valence-corrected chi connectivity index (χ0v) is 22.2. The van der Waals surface area contributed by atoms with E-state index in [9.17, 15) is 4.79 Å². The minimum Gasteiger partial charge on any atom is -0.372 e. The van der Waals surface area contributed by atoms with Crippen LogP contribution in [0.4, 0.5) is 11.5 Å². The van der Waals surface area contributed by atoms with Gasteiger partial charge >= 0.3 is 0 Å². The number of carbonyl (C=O) groups is 1. The van der Waals surface area contributed by atoms with E-state index in [1.807, 2.05) is 43.6 Å². The number of anilines is 2. The van der Waals surface area contributed by atoms with Gasteiger partial charge in [0.05, 0.1) is 5.69 Å². The molecule has 37 heavy (non-hydrogen) atoms. The fraction of sp³-hybridized carbons (Fsp3) is 0.357. The second-order valence-electron chi connectivity index (χ2n) is 9.81. The second-order valence-corrected chi connectivity index (χ2v) is 9.81. The number of aromatic nitrogens is 4. The lowest BCUT2D eigenvalue weighted by Gasteiger charge is -2.37. The maximum Gasteiger partial charge on any atom is 0.253 e. The first-order valence-electron chi connectivity index (χ1n) is 12.6. The van der Waals surface area contributed by atoms with Crippen LogP contribution in [0.3, 0.4) is 0 Å². The fourth-order valence-corrected chi connectivity index (χ4v) is 5.03. The lowest BCUT2D eigenvalue weighted by atomic mass is 10.1. The molecule has 0 spiro atoms. The number of nitrogens with zero attached hydrogens (tertiary/aromatic N) is 7. The van der Waals surface area contributed by atoms with Crippen LogP contribution in [0.15, 0.2) is 48.7 Å². The molecule has 3 aromatic heterocycles. The minimum absolute atomic E-state index is 0.0362. The van der Waals surface area contributed by atoms with Crippen LogP contribution in [-0.4, -0.2) is 82.8 Å². The highest BCUT2D eigenvalue weighted by atomic mass is 16.2. The number of benzene rings is 1. The van der Waals surface area contributed by atoms with Crippen LogP contribution >= 0.6 is 0 Å². The zero-order chi connectivity index (χ0) is 26.1. The fourth-order valence-electron chi connectivity index (χ4n) is 5.03. The first-order chi connectivity index (χ1) is 17.9. The molecule has 4 aromatic rings. The Labute approximate surface area is 217 Å². The van der Waals surface area contributed by atoms with E-state index in [4.69, 9.17) is 0 Å². The second kappa shape index (κ2) is 10.2. The molecule has 1 amide bonds.